The molecular formula is C15H25N3O2S. The number of hydroxylamine groups is 2. The Labute approximate surface area is 130 Å². The van der Waals surface area contributed by atoms with Gasteiger partial charge in [-0.15, -0.1) is 11.3 Å². The van der Waals surface area contributed by atoms with Crippen molar-refractivity contribution in [1.82, 2.24) is 10.4 Å². The number of anilines is 1. The van der Waals surface area contributed by atoms with Gasteiger partial charge in [0, 0.05) is 19.6 Å². The van der Waals surface area contributed by atoms with Gasteiger partial charge in [-0.2, -0.15) is 5.06 Å². The molecule has 0 unspecified atom stereocenters. The fraction of sp³-hybridized carbons (Fsp3) is 0.667. The number of hydrogen-bond donors (Lipinski definition) is 2. The molecule has 0 aliphatic carbocycles. The third-order valence-corrected chi connectivity index (χ3v) is 4.36. The van der Waals surface area contributed by atoms with E-state index in [1.165, 1.54) is 11.3 Å². The zero-order valence-electron chi connectivity index (χ0n) is 13.0. The van der Waals surface area contributed by atoms with Crippen LogP contribution in [0.15, 0.2) is 11.4 Å². The second-order valence-electron chi connectivity index (χ2n) is 6.49. The molecule has 1 aromatic rings. The van der Waals surface area contributed by atoms with Crippen molar-refractivity contribution in [1.29, 1.82) is 0 Å². The van der Waals surface area contributed by atoms with E-state index in [9.17, 15) is 4.79 Å². The molecule has 1 aliphatic rings. The second-order valence-corrected chi connectivity index (χ2v) is 7.41. The number of thiophene rings is 1. The lowest BCUT2D eigenvalue weighted by Gasteiger charge is -2.35. The van der Waals surface area contributed by atoms with Crippen molar-refractivity contribution >= 4 is 22.9 Å². The molecule has 5 nitrogen and oxygen atoms in total. The molecule has 1 aliphatic heterocycles. The van der Waals surface area contributed by atoms with Crippen LogP contribution in [0.2, 0.25) is 0 Å². The summed E-state index contributed by atoms with van der Waals surface area (Å²) in [6, 6.07) is 1.77. The molecule has 0 saturated carbocycles. The van der Waals surface area contributed by atoms with Gasteiger partial charge in [0.05, 0.1) is 11.3 Å². The smallest absolute Gasteiger partial charge is 0.263 e. The minimum Gasteiger partial charge on any atom is -0.397 e. The van der Waals surface area contributed by atoms with Gasteiger partial charge in [-0.05, 0) is 51.0 Å². The molecule has 1 amide bonds. The summed E-state index contributed by atoms with van der Waals surface area (Å²) in [5, 5.41) is 6.87. The molecule has 0 bridgehead atoms. The molecular weight excluding hydrogens is 286 g/mol. The van der Waals surface area contributed by atoms with Gasteiger partial charge in [0.15, 0.2) is 0 Å². The number of nitrogens with zero attached hydrogens (tertiary/aromatic N) is 1. The highest BCUT2D eigenvalue weighted by molar-refractivity contribution is 7.12. The fourth-order valence-electron chi connectivity index (χ4n) is 2.41. The summed E-state index contributed by atoms with van der Waals surface area (Å²) in [4.78, 5) is 18.5. The van der Waals surface area contributed by atoms with E-state index in [-0.39, 0.29) is 11.5 Å². The number of amides is 1. The highest BCUT2D eigenvalue weighted by Gasteiger charge is 2.24. The highest BCUT2D eigenvalue weighted by Crippen LogP contribution is 2.21. The third-order valence-electron chi connectivity index (χ3n) is 3.43. The van der Waals surface area contributed by atoms with Gasteiger partial charge in [0.25, 0.3) is 5.91 Å². The predicted octanol–water partition coefficient (Wildman–Crippen LogP) is 2.50. The maximum atomic E-state index is 12.0. The van der Waals surface area contributed by atoms with Crippen molar-refractivity contribution in [2.45, 2.75) is 39.2 Å². The van der Waals surface area contributed by atoms with E-state index in [1.54, 1.807) is 6.07 Å². The van der Waals surface area contributed by atoms with Gasteiger partial charge in [0.1, 0.15) is 4.88 Å². The molecule has 3 N–H and O–H groups in total. The number of nitrogens with two attached hydrogens (primary N) is 1. The van der Waals surface area contributed by atoms with Crippen LogP contribution in [0.1, 0.15) is 43.3 Å². The maximum Gasteiger partial charge on any atom is 0.263 e. The third kappa shape index (κ3) is 4.98. The van der Waals surface area contributed by atoms with Crippen LogP contribution in [0.3, 0.4) is 0 Å². The topological polar surface area (TPSA) is 67.6 Å². The van der Waals surface area contributed by atoms with Gasteiger partial charge in [-0.3, -0.25) is 9.63 Å². The summed E-state index contributed by atoms with van der Waals surface area (Å²) in [5.74, 6) is 0.450. The van der Waals surface area contributed by atoms with E-state index in [1.807, 2.05) is 10.4 Å². The predicted molar refractivity (Wildman–Crippen MR) is 86.2 cm³/mol. The van der Waals surface area contributed by atoms with Crippen molar-refractivity contribution in [2.75, 3.05) is 25.4 Å². The highest BCUT2D eigenvalue weighted by atomic mass is 32.1. The lowest BCUT2D eigenvalue weighted by molar-refractivity contribution is -0.238. The van der Waals surface area contributed by atoms with E-state index >= 15 is 0 Å². The van der Waals surface area contributed by atoms with Crippen LogP contribution < -0.4 is 11.1 Å². The van der Waals surface area contributed by atoms with E-state index in [0.29, 0.717) is 23.0 Å². The Balaban J connectivity index is 1.72. The molecule has 0 radical (unpaired) electrons. The van der Waals surface area contributed by atoms with Crippen LogP contribution in [0.4, 0.5) is 5.69 Å². The SMILES string of the molecule is CC(C)(C)ON1CCC(CNC(=O)c2sccc2N)CC1. The van der Waals surface area contributed by atoms with Gasteiger partial charge in [-0.1, -0.05) is 0 Å². The van der Waals surface area contributed by atoms with Crippen molar-refractivity contribution in [3.8, 4) is 0 Å². The molecule has 0 spiro atoms. The van der Waals surface area contributed by atoms with E-state index in [0.717, 1.165) is 25.9 Å². The molecule has 0 atom stereocenters. The Morgan fingerprint density at radius 1 is 1.48 bits per heavy atom. The first-order valence-corrected chi connectivity index (χ1v) is 8.28. The van der Waals surface area contributed by atoms with Crippen LogP contribution in [0, 0.1) is 5.92 Å². The monoisotopic (exact) mass is 311 g/mol. The summed E-state index contributed by atoms with van der Waals surface area (Å²) in [5.41, 5.74) is 6.17. The molecule has 2 heterocycles. The van der Waals surface area contributed by atoms with E-state index < -0.39 is 0 Å². The maximum absolute atomic E-state index is 12.0. The fourth-order valence-corrected chi connectivity index (χ4v) is 3.15. The molecule has 21 heavy (non-hydrogen) atoms. The lowest BCUT2D eigenvalue weighted by Crippen LogP contribution is -2.42. The normalized spacial score (nSPS) is 17.9. The quantitative estimate of drug-likeness (QED) is 0.896. The Morgan fingerprint density at radius 2 is 2.14 bits per heavy atom. The Bertz CT molecular complexity index is 474. The van der Waals surface area contributed by atoms with Crippen molar-refractivity contribution in [3.63, 3.8) is 0 Å². The molecule has 2 rings (SSSR count). The summed E-state index contributed by atoms with van der Waals surface area (Å²) in [6.45, 7) is 8.72. The average molecular weight is 311 g/mol. The van der Waals surface area contributed by atoms with E-state index in [4.69, 9.17) is 10.6 Å². The van der Waals surface area contributed by atoms with Gasteiger partial charge < -0.3 is 11.1 Å². The van der Waals surface area contributed by atoms with Gasteiger partial charge >= 0.3 is 0 Å². The largest absolute Gasteiger partial charge is 0.397 e. The number of carbonyl (C=O) groups excluding carboxylic acids is 1. The van der Waals surface area contributed by atoms with E-state index in [2.05, 4.69) is 26.1 Å². The Morgan fingerprint density at radius 3 is 2.67 bits per heavy atom. The van der Waals surface area contributed by atoms with Crippen molar-refractivity contribution in [3.05, 3.63) is 16.3 Å². The minimum atomic E-state index is -0.141. The standard InChI is InChI=1S/C15H25N3O2S/c1-15(2,3)20-18-7-4-11(5-8-18)10-17-14(19)13-12(16)6-9-21-13/h6,9,11H,4-5,7-8,10,16H2,1-3H3,(H,17,19). The Kier molecular flexibility index (Phi) is 5.24. The van der Waals surface area contributed by atoms with Crippen LogP contribution in [-0.4, -0.2) is 36.2 Å². The van der Waals surface area contributed by atoms with Crippen LogP contribution >= 0.6 is 11.3 Å². The molecule has 118 valence electrons. The first-order chi connectivity index (χ1) is 9.85. The molecule has 6 heteroatoms. The number of carbonyl (C=O) groups is 1. The number of hydrogen-bond acceptors (Lipinski definition) is 5. The molecule has 0 aromatic carbocycles. The summed E-state index contributed by atoms with van der Waals surface area (Å²) < 4.78 is 0. The number of rotatable bonds is 4. The number of nitrogens with one attached hydrogen (secondary N) is 1. The number of piperidine rings is 1. The minimum absolute atomic E-state index is 0.0594. The molecule has 1 aromatic heterocycles. The Hall–Kier alpha value is -1.11. The first kappa shape index (κ1) is 16.3. The molecule has 1 fully saturated rings. The molecule has 1 saturated heterocycles. The second kappa shape index (κ2) is 6.77. The van der Waals surface area contributed by atoms with Crippen molar-refractivity contribution < 1.29 is 9.63 Å². The van der Waals surface area contributed by atoms with Crippen LogP contribution in [0.5, 0.6) is 0 Å². The zero-order chi connectivity index (χ0) is 15.5. The first-order valence-electron chi connectivity index (χ1n) is 7.40. The van der Waals surface area contributed by atoms with Crippen LogP contribution in [0.25, 0.3) is 0 Å². The number of nitrogen functional groups attached to an aromatic ring is 1. The summed E-state index contributed by atoms with van der Waals surface area (Å²) in [6.07, 6.45) is 2.08. The van der Waals surface area contributed by atoms with Crippen molar-refractivity contribution in [2.24, 2.45) is 5.92 Å². The van der Waals surface area contributed by atoms with Gasteiger partial charge in [-0.25, -0.2) is 0 Å². The van der Waals surface area contributed by atoms with Gasteiger partial charge in [0.2, 0.25) is 0 Å². The lowest BCUT2D eigenvalue weighted by atomic mass is 9.98. The zero-order valence-corrected chi connectivity index (χ0v) is 13.8. The average Bonchev–Trinajstić information content (AvgIpc) is 2.82. The summed E-state index contributed by atoms with van der Waals surface area (Å²) in [7, 11) is 0. The summed E-state index contributed by atoms with van der Waals surface area (Å²) >= 11 is 1.39. The van der Waals surface area contributed by atoms with Crippen LogP contribution in [-0.2, 0) is 4.84 Å².